The predicted octanol–water partition coefficient (Wildman–Crippen LogP) is 5.47. The number of carbonyl (C=O) groups is 1. The number of anilines is 1. The second kappa shape index (κ2) is 8.88. The third-order valence-electron chi connectivity index (χ3n) is 3.92. The summed E-state index contributed by atoms with van der Waals surface area (Å²) < 4.78 is 0. The molecule has 2 amide bonds. The summed E-state index contributed by atoms with van der Waals surface area (Å²) in [7, 11) is 0. The standard InChI is InChI=1S/C20H19ClN4OS/c1-13-12-15(27-20-22-10-5-11-23-20)8-9-18(13)25-19(26)24-14(2)16-6-3-4-7-17(16)21/h3-12,14H,1-2H3,(H2,24,25,26). The number of nitrogens with zero attached hydrogens (tertiary/aromatic N) is 2. The highest BCUT2D eigenvalue weighted by molar-refractivity contribution is 7.99. The van der Waals surface area contributed by atoms with E-state index in [4.69, 9.17) is 11.6 Å². The zero-order chi connectivity index (χ0) is 19.2. The molecule has 27 heavy (non-hydrogen) atoms. The van der Waals surface area contributed by atoms with E-state index in [1.165, 1.54) is 11.8 Å². The van der Waals surface area contributed by atoms with Crippen molar-refractivity contribution in [3.63, 3.8) is 0 Å². The summed E-state index contributed by atoms with van der Waals surface area (Å²) in [4.78, 5) is 21.8. The molecule has 0 saturated carbocycles. The predicted molar refractivity (Wildman–Crippen MR) is 109 cm³/mol. The Hall–Kier alpha value is -2.57. The monoisotopic (exact) mass is 398 g/mol. The van der Waals surface area contributed by atoms with Gasteiger partial charge in [-0.25, -0.2) is 14.8 Å². The van der Waals surface area contributed by atoms with Crippen molar-refractivity contribution in [3.8, 4) is 0 Å². The Balaban J connectivity index is 1.63. The second-order valence-corrected chi connectivity index (χ2v) is 7.40. The first-order valence-corrected chi connectivity index (χ1v) is 9.60. The van der Waals surface area contributed by atoms with Crippen molar-refractivity contribution in [2.24, 2.45) is 0 Å². The Labute approximate surface area is 167 Å². The van der Waals surface area contributed by atoms with Crippen molar-refractivity contribution in [2.75, 3.05) is 5.32 Å². The average molecular weight is 399 g/mol. The molecule has 0 saturated heterocycles. The number of halogens is 1. The smallest absolute Gasteiger partial charge is 0.319 e. The van der Waals surface area contributed by atoms with Crippen LogP contribution in [-0.4, -0.2) is 16.0 Å². The molecule has 3 aromatic rings. The molecule has 0 fully saturated rings. The minimum absolute atomic E-state index is 0.205. The van der Waals surface area contributed by atoms with Gasteiger partial charge in [0.2, 0.25) is 0 Å². The quantitative estimate of drug-likeness (QED) is 0.559. The molecule has 138 valence electrons. The molecule has 0 radical (unpaired) electrons. The van der Waals surface area contributed by atoms with Gasteiger partial charge in [0.05, 0.1) is 6.04 Å². The van der Waals surface area contributed by atoms with Gasteiger partial charge in [0.1, 0.15) is 0 Å². The number of rotatable bonds is 5. The van der Waals surface area contributed by atoms with E-state index < -0.39 is 0 Å². The van der Waals surface area contributed by atoms with Crippen molar-refractivity contribution < 1.29 is 4.79 Å². The summed E-state index contributed by atoms with van der Waals surface area (Å²) in [5, 5.41) is 7.11. The van der Waals surface area contributed by atoms with E-state index >= 15 is 0 Å². The summed E-state index contributed by atoms with van der Waals surface area (Å²) >= 11 is 7.66. The van der Waals surface area contributed by atoms with Crippen LogP contribution in [0.15, 0.2) is 71.0 Å². The Morgan fingerprint density at radius 2 is 1.85 bits per heavy atom. The molecule has 3 rings (SSSR count). The summed E-state index contributed by atoms with van der Waals surface area (Å²) in [6.07, 6.45) is 3.42. The SMILES string of the molecule is Cc1cc(Sc2ncccn2)ccc1NC(=O)NC(C)c1ccccc1Cl. The van der Waals surface area contributed by atoms with Gasteiger partial charge in [0.15, 0.2) is 5.16 Å². The largest absolute Gasteiger partial charge is 0.331 e. The number of urea groups is 1. The lowest BCUT2D eigenvalue weighted by molar-refractivity contribution is 0.249. The highest BCUT2D eigenvalue weighted by Crippen LogP contribution is 2.28. The molecule has 2 N–H and O–H groups in total. The van der Waals surface area contributed by atoms with Gasteiger partial charge in [-0.3, -0.25) is 0 Å². The molecule has 2 aromatic carbocycles. The van der Waals surface area contributed by atoms with Crippen LogP contribution < -0.4 is 10.6 Å². The molecule has 1 atom stereocenters. The zero-order valence-electron chi connectivity index (χ0n) is 14.9. The van der Waals surface area contributed by atoms with Gasteiger partial charge < -0.3 is 10.6 Å². The number of benzene rings is 2. The molecule has 1 heterocycles. The van der Waals surface area contributed by atoms with Crippen LogP contribution in [0.3, 0.4) is 0 Å². The van der Waals surface area contributed by atoms with Crippen LogP contribution in [0, 0.1) is 6.92 Å². The fraction of sp³-hybridized carbons (Fsp3) is 0.150. The van der Waals surface area contributed by atoms with Gasteiger partial charge >= 0.3 is 6.03 Å². The van der Waals surface area contributed by atoms with E-state index in [-0.39, 0.29) is 12.1 Å². The molecule has 0 aliphatic carbocycles. The van der Waals surface area contributed by atoms with Gasteiger partial charge in [-0.15, -0.1) is 0 Å². The van der Waals surface area contributed by atoms with Gasteiger partial charge in [-0.2, -0.15) is 0 Å². The molecule has 5 nitrogen and oxygen atoms in total. The van der Waals surface area contributed by atoms with Crippen LogP contribution in [0.4, 0.5) is 10.5 Å². The fourth-order valence-corrected chi connectivity index (χ4v) is 3.65. The maximum absolute atomic E-state index is 12.3. The molecule has 1 unspecified atom stereocenters. The number of carbonyl (C=O) groups excluding carboxylic acids is 1. The summed E-state index contributed by atoms with van der Waals surface area (Å²) in [6.45, 7) is 3.84. The highest BCUT2D eigenvalue weighted by Gasteiger charge is 2.13. The first-order chi connectivity index (χ1) is 13.0. The van der Waals surface area contributed by atoms with Gasteiger partial charge in [0.25, 0.3) is 0 Å². The Morgan fingerprint density at radius 3 is 2.56 bits per heavy atom. The minimum atomic E-state index is -0.280. The van der Waals surface area contributed by atoms with Crippen LogP contribution in [0.25, 0.3) is 0 Å². The van der Waals surface area contributed by atoms with Crippen LogP contribution in [0.5, 0.6) is 0 Å². The zero-order valence-corrected chi connectivity index (χ0v) is 16.5. The second-order valence-electron chi connectivity index (χ2n) is 5.95. The van der Waals surface area contributed by atoms with Crippen LogP contribution in [0.1, 0.15) is 24.1 Å². The molecular weight excluding hydrogens is 380 g/mol. The number of amides is 2. The lowest BCUT2D eigenvalue weighted by Gasteiger charge is -2.17. The number of nitrogens with one attached hydrogen (secondary N) is 2. The first-order valence-electron chi connectivity index (χ1n) is 8.40. The van der Waals surface area contributed by atoms with Crippen LogP contribution >= 0.6 is 23.4 Å². The molecule has 0 aliphatic heterocycles. The number of hydrogen-bond donors (Lipinski definition) is 2. The van der Waals surface area contributed by atoms with Gasteiger partial charge in [0, 0.05) is 28.0 Å². The van der Waals surface area contributed by atoms with E-state index in [9.17, 15) is 4.79 Å². The first kappa shape index (κ1) is 19.2. The van der Waals surface area contributed by atoms with Gasteiger partial charge in [-0.05, 0) is 67.1 Å². The Kier molecular flexibility index (Phi) is 6.32. The summed E-state index contributed by atoms with van der Waals surface area (Å²) in [5.41, 5.74) is 2.58. The van der Waals surface area contributed by atoms with E-state index in [0.717, 1.165) is 21.7 Å². The van der Waals surface area contributed by atoms with E-state index in [2.05, 4.69) is 20.6 Å². The Bertz CT molecular complexity index is 936. The summed E-state index contributed by atoms with van der Waals surface area (Å²) in [6, 6.07) is 14.6. The van der Waals surface area contributed by atoms with Crippen LogP contribution in [0.2, 0.25) is 5.02 Å². The molecular formula is C20H19ClN4OS. The number of aryl methyl sites for hydroxylation is 1. The van der Waals surface area contributed by atoms with Crippen molar-refractivity contribution in [1.29, 1.82) is 0 Å². The van der Waals surface area contributed by atoms with E-state index in [0.29, 0.717) is 10.2 Å². The fourth-order valence-electron chi connectivity index (χ4n) is 2.54. The maximum Gasteiger partial charge on any atom is 0.319 e. The minimum Gasteiger partial charge on any atom is -0.331 e. The average Bonchev–Trinajstić information content (AvgIpc) is 2.65. The normalized spacial score (nSPS) is 11.7. The number of hydrogen-bond acceptors (Lipinski definition) is 4. The lowest BCUT2D eigenvalue weighted by atomic mass is 10.1. The Morgan fingerprint density at radius 1 is 1.11 bits per heavy atom. The van der Waals surface area contributed by atoms with Crippen molar-refractivity contribution >= 4 is 35.1 Å². The molecule has 7 heteroatoms. The highest BCUT2D eigenvalue weighted by atomic mass is 35.5. The number of aromatic nitrogens is 2. The van der Waals surface area contributed by atoms with Gasteiger partial charge in [-0.1, -0.05) is 29.8 Å². The molecule has 0 aliphatic rings. The van der Waals surface area contributed by atoms with Crippen molar-refractivity contribution in [1.82, 2.24) is 15.3 Å². The molecule has 0 spiro atoms. The third-order valence-corrected chi connectivity index (χ3v) is 5.14. The van der Waals surface area contributed by atoms with Crippen molar-refractivity contribution in [3.05, 3.63) is 77.1 Å². The molecule has 0 bridgehead atoms. The van der Waals surface area contributed by atoms with Crippen LogP contribution in [-0.2, 0) is 0 Å². The van der Waals surface area contributed by atoms with E-state index in [1.807, 2.05) is 56.3 Å². The molecule has 1 aromatic heterocycles. The topological polar surface area (TPSA) is 66.9 Å². The lowest BCUT2D eigenvalue weighted by Crippen LogP contribution is -2.31. The maximum atomic E-state index is 12.3. The third kappa shape index (κ3) is 5.21. The van der Waals surface area contributed by atoms with Crippen molar-refractivity contribution in [2.45, 2.75) is 29.9 Å². The summed E-state index contributed by atoms with van der Waals surface area (Å²) in [5.74, 6) is 0. The van der Waals surface area contributed by atoms with E-state index in [1.54, 1.807) is 18.5 Å².